The summed E-state index contributed by atoms with van der Waals surface area (Å²) in [7, 11) is 0. The standard InChI is InChI=1S/C15H17FN4O/c16-11-1-3-13(4-2-11)20-10-7-14(18-20)15(21)19-8-5-12(17)6-9-19/h1-4,7,10,12H,5-6,8-9,17H2. The third-order valence-electron chi connectivity index (χ3n) is 3.73. The van der Waals surface area contributed by atoms with E-state index < -0.39 is 0 Å². The lowest BCUT2D eigenvalue weighted by Gasteiger charge is -2.29. The van der Waals surface area contributed by atoms with E-state index in [9.17, 15) is 9.18 Å². The van der Waals surface area contributed by atoms with Crippen molar-refractivity contribution in [3.63, 3.8) is 0 Å². The molecule has 1 aliphatic rings. The van der Waals surface area contributed by atoms with Crippen molar-refractivity contribution in [1.29, 1.82) is 0 Å². The number of amides is 1. The zero-order chi connectivity index (χ0) is 14.8. The fourth-order valence-electron chi connectivity index (χ4n) is 2.44. The van der Waals surface area contributed by atoms with Crippen LogP contribution in [0.5, 0.6) is 0 Å². The van der Waals surface area contributed by atoms with E-state index in [0.29, 0.717) is 18.8 Å². The number of aromatic nitrogens is 2. The maximum absolute atomic E-state index is 12.9. The average molecular weight is 288 g/mol. The van der Waals surface area contributed by atoms with Crippen LogP contribution in [-0.2, 0) is 0 Å². The summed E-state index contributed by atoms with van der Waals surface area (Å²) in [4.78, 5) is 14.1. The number of hydrogen-bond donors (Lipinski definition) is 1. The Hall–Kier alpha value is -2.21. The Morgan fingerprint density at radius 2 is 1.86 bits per heavy atom. The summed E-state index contributed by atoms with van der Waals surface area (Å²) in [5, 5.41) is 4.28. The van der Waals surface area contributed by atoms with E-state index >= 15 is 0 Å². The molecule has 2 N–H and O–H groups in total. The molecule has 110 valence electrons. The highest BCUT2D eigenvalue weighted by molar-refractivity contribution is 5.92. The second-order valence-corrected chi connectivity index (χ2v) is 5.25. The number of benzene rings is 1. The van der Waals surface area contributed by atoms with Crippen molar-refractivity contribution in [1.82, 2.24) is 14.7 Å². The molecule has 2 aromatic rings. The minimum Gasteiger partial charge on any atom is -0.337 e. The van der Waals surface area contributed by atoms with Crippen LogP contribution in [0.25, 0.3) is 5.69 Å². The minimum absolute atomic E-state index is 0.0808. The minimum atomic E-state index is -0.299. The van der Waals surface area contributed by atoms with Gasteiger partial charge in [0, 0.05) is 25.3 Å². The van der Waals surface area contributed by atoms with E-state index in [2.05, 4.69) is 5.10 Å². The van der Waals surface area contributed by atoms with Crippen molar-refractivity contribution in [2.45, 2.75) is 18.9 Å². The van der Waals surface area contributed by atoms with Gasteiger partial charge in [0.25, 0.3) is 5.91 Å². The number of carbonyl (C=O) groups is 1. The predicted molar refractivity (Wildman–Crippen MR) is 76.6 cm³/mol. The highest BCUT2D eigenvalue weighted by Gasteiger charge is 2.23. The van der Waals surface area contributed by atoms with Gasteiger partial charge >= 0.3 is 0 Å². The zero-order valence-electron chi connectivity index (χ0n) is 11.6. The van der Waals surface area contributed by atoms with Crippen molar-refractivity contribution in [3.05, 3.63) is 48.0 Å². The molecule has 21 heavy (non-hydrogen) atoms. The molecule has 1 fully saturated rings. The van der Waals surface area contributed by atoms with E-state index in [1.807, 2.05) is 0 Å². The van der Waals surface area contributed by atoms with Gasteiger partial charge in [-0.1, -0.05) is 0 Å². The summed E-state index contributed by atoms with van der Waals surface area (Å²) in [5.74, 6) is -0.380. The van der Waals surface area contributed by atoms with E-state index in [-0.39, 0.29) is 17.8 Å². The molecule has 1 amide bonds. The molecule has 3 rings (SSSR count). The molecule has 0 aliphatic carbocycles. The molecule has 0 atom stereocenters. The first-order chi connectivity index (χ1) is 10.1. The summed E-state index contributed by atoms with van der Waals surface area (Å²) in [5.41, 5.74) is 6.96. The summed E-state index contributed by atoms with van der Waals surface area (Å²) >= 11 is 0. The van der Waals surface area contributed by atoms with Gasteiger partial charge in [-0.2, -0.15) is 5.10 Å². The lowest BCUT2D eigenvalue weighted by Crippen LogP contribution is -2.43. The number of nitrogens with two attached hydrogens (primary N) is 1. The highest BCUT2D eigenvalue weighted by atomic mass is 19.1. The number of hydrogen-bond acceptors (Lipinski definition) is 3. The highest BCUT2D eigenvalue weighted by Crippen LogP contribution is 2.13. The van der Waals surface area contributed by atoms with Gasteiger partial charge in [-0.3, -0.25) is 4.79 Å². The van der Waals surface area contributed by atoms with Crippen LogP contribution in [0.15, 0.2) is 36.5 Å². The van der Waals surface area contributed by atoms with Gasteiger partial charge in [0.15, 0.2) is 5.69 Å². The van der Waals surface area contributed by atoms with Crippen LogP contribution in [0.1, 0.15) is 23.3 Å². The fraction of sp³-hybridized carbons (Fsp3) is 0.333. The van der Waals surface area contributed by atoms with Crippen molar-refractivity contribution in [2.24, 2.45) is 5.73 Å². The summed E-state index contributed by atoms with van der Waals surface area (Å²) in [6, 6.07) is 7.84. The number of likely N-dealkylation sites (tertiary alicyclic amines) is 1. The van der Waals surface area contributed by atoms with Gasteiger partial charge in [0.05, 0.1) is 5.69 Å². The van der Waals surface area contributed by atoms with Crippen LogP contribution < -0.4 is 5.73 Å². The molecule has 2 heterocycles. The number of nitrogens with zero attached hydrogens (tertiary/aromatic N) is 3. The van der Waals surface area contributed by atoms with Crippen molar-refractivity contribution in [3.8, 4) is 5.69 Å². The molecule has 0 spiro atoms. The number of halogens is 1. The van der Waals surface area contributed by atoms with Crippen molar-refractivity contribution < 1.29 is 9.18 Å². The smallest absolute Gasteiger partial charge is 0.274 e. The van der Waals surface area contributed by atoms with Crippen molar-refractivity contribution in [2.75, 3.05) is 13.1 Å². The summed E-state index contributed by atoms with van der Waals surface area (Å²) in [6.45, 7) is 1.34. The monoisotopic (exact) mass is 288 g/mol. The molecule has 5 nitrogen and oxygen atoms in total. The lowest BCUT2D eigenvalue weighted by atomic mass is 10.1. The first-order valence-corrected chi connectivity index (χ1v) is 7.00. The second kappa shape index (κ2) is 5.65. The molecular weight excluding hydrogens is 271 g/mol. The van der Waals surface area contributed by atoms with Crippen LogP contribution in [0, 0.1) is 5.82 Å². The zero-order valence-corrected chi connectivity index (χ0v) is 11.6. The topological polar surface area (TPSA) is 64.2 Å². The Balaban J connectivity index is 1.75. The second-order valence-electron chi connectivity index (χ2n) is 5.25. The Kier molecular flexibility index (Phi) is 3.70. The van der Waals surface area contributed by atoms with Crippen LogP contribution in [0.4, 0.5) is 4.39 Å². The number of piperidine rings is 1. The van der Waals surface area contributed by atoms with E-state index in [1.165, 1.54) is 12.1 Å². The van der Waals surface area contributed by atoms with E-state index in [0.717, 1.165) is 18.5 Å². The molecule has 0 bridgehead atoms. The first kappa shape index (κ1) is 13.8. The maximum Gasteiger partial charge on any atom is 0.274 e. The quantitative estimate of drug-likeness (QED) is 0.912. The molecule has 1 aromatic carbocycles. The summed E-state index contributed by atoms with van der Waals surface area (Å²) in [6.07, 6.45) is 3.35. The van der Waals surface area contributed by atoms with Crippen LogP contribution in [0.2, 0.25) is 0 Å². The van der Waals surface area contributed by atoms with Crippen LogP contribution >= 0.6 is 0 Å². The van der Waals surface area contributed by atoms with Gasteiger partial charge < -0.3 is 10.6 Å². The number of carbonyl (C=O) groups excluding carboxylic acids is 1. The van der Waals surface area contributed by atoms with Gasteiger partial charge in [-0.15, -0.1) is 0 Å². The Bertz CT molecular complexity index is 629. The first-order valence-electron chi connectivity index (χ1n) is 7.00. The Morgan fingerprint density at radius 3 is 2.52 bits per heavy atom. The van der Waals surface area contributed by atoms with Gasteiger partial charge in [-0.05, 0) is 43.2 Å². The van der Waals surface area contributed by atoms with Gasteiger partial charge in [0.2, 0.25) is 0 Å². The molecule has 1 aromatic heterocycles. The van der Waals surface area contributed by atoms with Crippen LogP contribution in [0.3, 0.4) is 0 Å². The third-order valence-corrected chi connectivity index (χ3v) is 3.73. The molecule has 0 unspecified atom stereocenters. The molecule has 1 saturated heterocycles. The Morgan fingerprint density at radius 1 is 1.19 bits per heavy atom. The molecule has 1 aliphatic heterocycles. The van der Waals surface area contributed by atoms with Crippen molar-refractivity contribution >= 4 is 5.91 Å². The Labute approximate surface area is 122 Å². The summed E-state index contributed by atoms with van der Waals surface area (Å²) < 4.78 is 14.5. The molecule has 0 radical (unpaired) electrons. The van der Waals surface area contributed by atoms with Gasteiger partial charge in [0.1, 0.15) is 5.82 Å². The fourth-order valence-corrected chi connectivity index (χ4v) is 2.44. The van der Waals surface area contributed by atoms with E-state index in [1.54, 1.807) is 34.0 Å². The third kappa shape index (κ3) is 2.95. The lowest BCUT2D eigenvalue weighted by molar-refractivity contribution is 0.0708. The number of rotatable bonds is 2. The van der Waals surface area contributed by atoms with Crippen LogP contribution in [-0.4, -0.2) is 39.7 Å². The predicted octanol–water partition coefficient (Wildman–Crippen LogP) is 1.57. The average Bonchev–Trinajstić information content (AvgIpc) is 2.98. The SMILES string of the molecule is NC1CCN(C(=O)c2ccn(-c3ccc(F)cc3)n2)CC1. The largest absolute Gasteiger partial charge is 0.337 e. The normalized spacial score (nSPS) is 16.2. The van der Waals surface area contributed by atoms with Gasteiger partial charge in [-0.25, -0.2) is 9.07 Å². The molecular formula is C15H17FN4O. The van der Waals surface area contributed by atoms with E-state index in [4.69, 9.17) is 5.73 Å². The molecule has 0 saturated carbocycles. The molecule has 6 heteroatoms. The maximum atomic E-state index is 12.9.